The summed E-state index contributed by atoms with van der Waals surface area (Å²) in [5.41, 5.74) is 2.29. The molecule has 1 fully saturated rings. The van der Waals surface area contributed by atoms with E-state index in [0.29, 0.717) is 35.8 Å². The van der Waals surface area contributed by atoms with Crippen LogP contribution in [-0.4, -0.2) is 73.0 Å². The van der Waals surface area contributed by atoms with E-state index in [2.05, 4.69) is 27.3 Å². The molecule has 2 N–H and O–H groups in total. The van der Waals surface area contributed by atoms with Gasteiger partial charge in [0, 0.05) is 38.1 Å². The molecule has 1 saturated heterocycles. The van der Waals surface area contributed by atoms with E-state index in [1.165, 1.54) is 5.56 Å². The Kier molecular flexibility index (Phi) is 6.84. The highest BCUT2D eigenvalue weighted by atomic mass is 16.5. The van der Waals surface area contributed by atoms with Crippen molar-refractivity contribution in [2.24, 2.45) is 0 Å². The average molecular weight is 451 g/mol. The number of methoxy groups -OCH3 is 2. The van der Waals surface area contributed by atoms with Crippen molar-refractivity contribution in [1.29, 1.82) is 0 Å². The Labute approximate surface area is 193 Å². The summed E-state index contributed by atoms with van der Waals surface area (Å²) >= 11 is 0. The summed E-state index contributed by atoms with van der Waals surface area (Å²) in [6.45, 7) is 5.51. The third-order valence-corrected chi connectivity index (χ3v) is 6.05. The molecule has 0 aliphatic carbocycles. The second kappa shape index (κ2) is 9.95. The van der Waals surface area contributed by atoms with Crippen LogP contribution >= 0.6 is 0 Å². The zero-order chi connectivity index (χ0) is 23.4. The molecule has 3 aromatic rings. The molecule has 2 heterocycles. The predicted molar refractivity (Wildman–Crippen MR) is 127 cm³/mol. The largest absolute Gasteiger partial charge is 0.496 e. The van der Waals surface area contributed by atoms with Gasteiger partial charge in [0.05, 0.1) is 19.7 Å². The van der Waals surface area contributed by atoms with E-state index in [9.17, 15) is 9.59 Å². The lowest BCUT2D eigenvalue weighted by Crippen LogP contribution is -2.53. The quantitative estimate of drug-likeness (QED) is 0.578. The Hall–Kier alpha value is -3.52. The van der Waals surface area contributed by atoms with Crippen LogP contribution in [0.25, 0.3) is 10.9 Å². The first kappa shape index (κ1) is 22.7. The molecule has 0 radical (unpaired) electrons. The third kappa shape index (κ3) is 4.96. The van der Waals surface area contributed by atoms with Gasteiger partial charge in [-0.05, 0) is 30.7 Å². The van der Waals surface area contributed by atoms with Crippen LogP contribution in [0, 0.1) is 0 Å². The van der Waals surface area contributed by atoms with Gasteiger partial charge in [-0.3, -0.25) is 14.5 Å². The molecular formula is C25H30N4O4. The van der Waals surface area contributed by atoms with Crippen LogP contribution in [0.5, 0.6) is 11.5 Å². The van der Waals surface area contributed by atoms with E-state index in [1.807, 2.05) is 23.1 Å². The monoisotopic (exact) mass is 450 g/mol. The minimum atomic E-state index is -0.631. The number of benzene rings is 2. The van der Waals surface area contributed by atoms with Gasteiger partial charge >= 0.3 is 0 Å². The van der Waals surface area contributed by atoms with E-state index in [-0.39, 0.29) is 11.8 Å². The normalized spacial score (nSPS) is 15.3. The fourth-order valence-electron chi connectivity index (χ4n) is 4.22. The predicted octanol–water partition coefficient (Wildman–Crippen LogP) is 2.65. The van der Waals surface area contributed by atoms with E-state index in [0.717, 1.165) is 25.0 Å². The van der Waals surface area contributed by atoms with E-state index in [1.54, 1.807) is 39.3 Å². The lowest BCUT2D eigenvalue weighted by atomic mass is 10.2. The first-order valence-corrected chi connectivity index (χ1v) is 11.1. The van der Waals surface area contributed by atoms with Crippen molar-refractivity contribution in [2.45, 2.75) is 19.5 Å². The number of rotatable bonds is 7. The van der Waals surface area contributed by atoms with Gasteiger partial charge in [0.15, 0.2) is 0 Å². The smallest absolute Gasteiger partial charge is 0.268 e. The zero-order valence-corrected chi connectivity index (χ0v) is 19.3. The Morgan fingerprint density at radius 1 is 1.00 bits per heavy atom. The molecule has 4 rings (SSSR count). The topological polar surface area (TPSA) is 86.9 Å². The number of nitrogens with zero attached hydrogens (tertiary/aromatic N) is 2. The van der Waals surface area contributed by atoms with E-state index in [4.69, 9.17) is 9.47 Å². The first-order valence-electron chi connectivity index (χ1n) is 11.1. The lowest BCUT2D eigenvalue weighted by Gasteiger charge is -2.36. The Morgan fingerprint density at radius 2 is 1.67 bits per heavy atom. The van der Waals surface area contributed by atoms with Gasteiger partial charge in [0.25, 0.3) is 5.91 Å². The number of fused-ring (bicyclic) bond motifs is 1. The standard InChI is InChI=1S/C25H30N4O4/c1-17(25(31)29-13-11-28(12-14-29)16-18-7-5-4-6-8-18)26-24(30)20-15-19-21(32-2)9-10-22(33-3)23(19)27-20/h4-10,15,17,27H,11-14,16H2,1-3H3,(H,26,30). The van der Waals surface area contributed by atoms with Crippen LogP contribution in [-0.2, 0) is 11.3 Å². The highest BCUT2D eigenvalue weighted by Gasteiger charge is 2.27. The molecule has 1 unspecified atom stereocenters. The summed E-state index contributed by atoms with van der Waals surface area (Å²) in [5, 5.41) is 3.57. The molecule has 8 heteroatoms. The Bertz CT molecular complexity index is 1080. The van der Waals surface area contributed by atoms with Crippen molar-refractivity contribution in [1.82, 2.24) is 20.1 Å². The van der Waals surface area contributed by atoms with Crippen LogP contribution in [0.15, 0.2) is 48.5 Å². The Balaban J connectivity index is 1.36. The third-order valence-electron chi connectivity index (χ3n) is 6.05. The van der Waals surface area contributed by atoms with Crippen molar-refractivity contribution in [3.63, 3.8) is 0 Å². The maximum Gasteiger partial charge on any atom is 0.268 e. The number of nitrogens with one attached hydrogen (secondary N) is 2. The van der Waals surface area contributed by atoms with Crippen molar-refractivity contribution in [2.75, 3.05) is 40.4 Å². The number of piperazine rings is 1. The number of amides is 2. The summed E-state index contributed by atoms with van der Waals surface area (Å²) in [6, 6.07) is 15.0. The first-order chi connectivity index (χ1) is 16.0. The van der Waals surface area contributed by atoms with Crippen LogP contribution in [0.2, 0.25) is 0 Å². The fourth-order valence-corrected chi connectivity index (χ4v) is 4.22. The minimum absolute atomic E-state index is 0.0750. The molecule has 0 saturated carbocycles. The molecule has 1 aliphatic heterocycles. The van der Waals surface area contributed by atoms with Crippen molar-refractivity contribution in [3.8, 4) is 11.5 Å². The average Bonchev–Trinajstić information content (AvgIpc) is 3.30. The van der Waals surface area contributed by atoms with E-state index >= 15 is 0 Å². The summed E-state index contributed by atoms with van der Waals surface area (Å²) in [4.78, 5) is 33.1. The number of ether oxygens (including phenoxy) is 2. The molecular weight excluding hydrogens is 420 g/mol. The second-order valence-corrected chi connectivity index (χ2v) is 8.22. The van der Waals surface area contributed by atoms with Crippen LogP contribution in [0.1, 0.15) is 23.0 Å². The van der Waals surface area contributed by atoms with Crippen LogP contribution in [0.3, 0.4) is 0 Å². The Morgan fingerprint density at radius 3 is 2.33 bits per heavy atom. The highest BCUT2D eigenvalue weighted by molar-refractivity contribution is 6.02. The molecule has 8 nitrogen and oxygen atoms in total. The molecule has 33 heavy (non-hydrogen) atoms. The molecule has 0 bridgehead atoms. The number of carbonyl (C=O) groups excluding carboxylic acids is 2. The van der Waals surface area contributed by atoms with Gasteiger partial charge in [-0.25, -0.2) is 0 Å². The van der Waals surface area contributed by atoms with Crippen molar-refractivity contribution in [3.05, 3.63) is 59.8 Å². The molecule has 2 amide bonds. The van der Waals surface area contributed by atoms with Gasteiger partial charge in [0.2, 0.25) is 5.91 Å². The number of aromatic amines is 1. The van der Waals surface area contributed by atoms with Crippen LogP contribution in [0.4, 0.5) is 0 Å². The van der Waals surface area contributed by atoms with Gasteiger partial charge in [-0.15, -0.1) is 0 Å². The maximum atomic E-state index is 12.9. The van der Waals surface area contributed by atoms with E-state index < -0.39 is 6.04 Å². The molecule has 174 valence electrons. The molecule has 2 aromatic carbocycles. The maximum absolute atomic E-state index is 12.9. The van der Waals surface area contributed by atoms with Gasteiger partial charge < -0.3 is 24.7 Å². The molecule has 0 spiro atoms. The summed E-state index contributed by atoms with van der Waals surface area (Å²) in [7, 11) is 3.15. The summed E-state index contributed by atoms with van der Waals surface area (Å²) in [6.07, 6.45) is 0. The number of H-pyrrole nitrogens is 1. The number of hydrogen-bond acceptors (Lipinski definition) is 5. The minimum Gasteiger partial charge on any atom is -0.496 e. The molecule has 1 atom stereocenters. The fraction of sp³-hybridized carbons (Fsp3) is 0.360. The number of aromatic nitrogens is 1. The van der Waals surface area contributed by atoms with Gasteiger partial charge in [0.1, 0.15) is 23.2 Å². The zero-order valence-electron chi connectivity index (χ0n) is 19.3. The van der Waals surface area contributed by atoms with Crippen LogP contribution < -0.4 is 14.8 Å². The second-order valence-electron chi connectivity index (χ2n) is 8.22. The number of carbonyl (C=O) groups is 2. The summed E-state index contributed by atoms with van der Waals surface area (Å²) in [5.74, 6) is 0.828. The van der Waals surface area contributed by atoms with Crippen molar-refractivity contribution < 1.29 is 19.1 Å². The molecule has 1 aliphatic rings. The summed E-state index contributed by atoms with van der Waals surface area (Å²) < 4.78 is 10.8. The highest BCUT2D eigenvalue weighted by Crippen LogP contribution is 2.33. The van der Waals surface area contributed by atoms with Gasteiger partial charge in [-0.2, -0.15) is 0 Å². The number of hydrogen-bond donors (Lipinski definition) is 2. The molecule has 1 aromatic heterocycles. The van der Waals surface area contributed by atoms with Crippen molar-refractivity contribution >= 4 is 22.7 Å². The lowest BCUT2D eigenvalue weighted by molar-refractivity contribution is -0.134. The SMILES string of the molecule is COc1ccc(OC)c2[nH]c(C(=O)NC(C)C(=O)N3CCN(Cc4ccccc4)CC3)cc12. The van der Waals surface area contributed by atoms with Gasteiger partial charge in [-0.1, -0.05) is 30.3 Å².